The number of aryl methyl sites for hydroxylation is 1. The topological polar surface area (TPSA) is 86.7 Å². The third-order valence-corrected chi connectivity index (χ3v) is 4.84. The lowest BCUT2D eigenvalue weighted by Crippen LogP contribution is -2.37. The maximum Gasteiger partial charge on any atom is 0.308 e. The Morgan fingerprint density at radius 2 is 2.17 bits per heavy atom. The molecule has 7 heteroatoms. The molecule has 0 bridgehead atoms. The Bertz CT molecular complexity index is 647. The van der Waals surface area contributed by atoms with Crippen LogP contribution in [0, 0.1) is 18.8 Å². The number of hydrogen-bond donors (Lipinski definition) is 2. The number of rotatable bonds is 5. The van der Waals surface area contributed by atoms with Gasteiger partial charge < -0.3 is 15.3 Å². The minimum atomic E-state index is -0.959. The first-order valence-corrected chi connectivity index (χ1v) is 8.16. The van der Waals surface area contributed by atoms with Crippen LogP contribution in [0.25, 0.3) is 0 Å². The lowest BCUT2D eigenvalue weighted by molar-refractivity contribution is -0.141. The van der Waals surface area contributed by atoms with Gasteiger partial charge in [-0.25, -0.2) is 0 Å². The fraction of sp³-hybridized carbons (Fsp3) is 0.438. The van der Waals surface area contributed by atoms with Gasteiger partial charge in [0.05, 0.1) is 11.8 Å². The summed E-state index contributed by atoms with van der Waals surface area (Å²) in [5.74, 6) is -2.44. The van der Waals surface area contributed by atoms with Crippen LogP contribution < -0.4 is 10.2 Å². The molecule has 1 aliphatic rings. The van der Waals surface area contributed by atoms with Crippen LogP contribution in [0.5, 0.6) is 0 Å². The van der Waals surface area contributed by atoms with E-state index in [9.17, 15) is 14.4 Å². The van der Waals surface area contributed by atoms with E-state index in [0.29, 0.717) is 6.54 Å². The van der Waals surface area contributed by atoms with Gasteiger partial charge in [0.15, 0.2) is 0 Å². The molecule has 2 unspecified atom stereocenters. The van der Waals surface area contributed by atoms with Crippen LogP contribution >= 0.6 is 15.9 Å². The van der Waals surface area contributed by atoms with Crippen molar-refractivity contribution in [3.63, 3.8) is 0 Å². The first kappa shape index (κ1) is 17.5. The van der Waals surface area contributed by atoms with Crippen molar-refractivity contribution in [2.45, 2.75) is 20.3 Å². The molecule has 23 heavy (non-hydrogen) atoms. The Morgan fingerprint density at radius 1 is 1.48 bits per heavy atom. The molecule has 0 spiro atoms. The molecule has 1 aliphatic heterocycles. The molecule has 124 valence electrons. The SMILES string of the molecule is Cc1cc(N2CC(C(=O)NCC(C)C(=O)O)CC2=O)ccc1Br. The summed E-state index contributed by atoms with van der Waals surface area (Å²) in [4.78, 5) is 36.7. The summed E-state index contributed by atoms with van der Waals surface area (Å²) in [6.07, 6.45) is 0.141. The van der Waals surface area contributed by atoms with Crippen LogP contribution in [0.15, 0.2) is 22.7 Å². The summed E-state index contributed by atoms with van der Waals surface area (Å²) < 4.78 is 0.963. The van der Waals surface area contributed by atoms with E-state index < -0.39 is 17.8 Å². The minimum absolute atomic E-state index is 0.0657. The number of halogens is 1. The Morgan fingerprint density at radius 3 is 2.78 bits per heavy atom. The number of amides is 2. The molecule has 2 N–H and O–H groups in total. The zero-order valence-electron chi connectivity index (χ0n) is 13.0. The summed E-state index contributed by atoms with van der Waals surface area (Å²) in [6, 6.07) is 5.61. The summed E-state index contributed by atoms with van der Waals surface area (Å²) in [6.45, 7) is 3.84. The molecule has 2 rings (SSSR count). The van der Waals surface area contributed by atoms with Crippen molar-refractivity contribution >= 4 is 39.4 Å². The summed E-state index contributed by atoms with van der Waals surface area (Å²) >= 11 is 3.42. The molecular formula is C16H19BrN2O4. The molecule has 0 aliphatic carbocycles. The van der Waals surface area contributed by atoms with Crippen molar-refractivity contribution in [2.24, 2.45) is 11.8 Å². The monoisotopic (exact) mass is 382 g/mol. The Kier molecular flexibility index (Phi) is 5.41. The fourth-order valence-corrected chi connectivity index (χ4v) is 2.66. The third-order valence-electron chi connectivity index (χ3n) is 3.95. The van der Waals surface area contributed by atoms with E-state index in [1.165, 1.54) is 6.92 Å². The predicted molar refractivity (Wildman–Crippen MR) is 89.1 cm³/mol. The first-order valence-electron chi connectivity index (χ1n) is 7.36. The molecule has 0 radical (unpaired) electrons. The lowest BCUT2D eigenvalue weighted by Gasteiger charge is -2.18. The normalized spacial score (nSPS) is 18.8. The van der Waals surface area contributed by atoms with Gasteiger partial charge in [-0.2, -0.15) is 0 Å². The number of nitrogens with zero attached hydrogens (tertiary/aromatic N) is 1. The molecule has 2 atom stereocenters. The number of carboxylic acid groups (broad SMARTS) is 1. The first-order chi connectivity index (χ1) is 10.8. The number of aliphatic carboxylic acids is 1. The molecule has 1 fully saturated rings. The highest BCUT2D eigenvalue weighted by atomic mass is 79.9. The van der Waals surface area contributed by atoms with Crippen LogP contribution in [0.2, 0.25) is 0 Å². The Labute approximate surface area is 143 Å². The number of nitrogens with one attached hydrogen (secondary N) is 1. The maximum atomic E-state index is 12.2. The average Bonchev–Trinajstić information content (AvgIpc) is 2.89. The largest absolute Gasteiger partial charge is 0.481 e. The van der Waals surface area contributed by atoms with Crippen LogP contribution in [0.1, 0.15) is 18.9 Å². The Balaban J connectivity index is 2.00. The second-order valence-electron chi connectivity index (χ2n) is 5.82. The van der Waals surface area contributed by atoms with E-state index in [4.69, 9.17) is 5.11 Å². The Hall–Kier alpha value is -1.89. The van der Waals surface area contributed by atoms with Crippen LogP contribution in [0.3, 0.4) is 0 Å². The number of hydrogen-bond acceptors (Lipinski definition) is 3. The number of carbonyl (C=O) groups excluding carboxylic acids is 2. The molecule has 1 saturated heterocycles. The highest BCUT2D eigenvalue weighted by Crippen LogP contribution is 2.28. The van der Waals surface area contributed by atoms with Crippen LogP contribution in [-0.4, -0.2) is 36.0 Å². The van der Waals surface area contributed by atoms with Gasteiger partial charge >= 0.3 is 5.97 Å². The minimum Gasteiger partial charge on any atom is -0.481 e. The van der Waals surface area contributed by atoms with Gasteiger partial charge in [-0.1, -0.05) is 22.9 Å². The second-order valence-corrected chi connectivity index (χ2v) is 6.68. The zero-order valence-corrected chi connectivity index (χ0v) is 14.6. The van der Waals surface area contributed by atoms with Crippen molar-refractivity contribution < 1.29 is 19.5 Å². The van der Waals surface area contributed by atoms with E-state index in [1.54, 1.807) is 4.90 Å². The highest BCUT2D eigenvalue weighted by molar-refractivity contribution is 9.10. The van der Waals surface area contributed by atoms with E-state index >= 15 is 0 Å². The van der Waals surface area contributed by atoms with Crippen molar-refractivity contribution in [3.05, 3.63) is 28.2 Å². The summed E-state index contributed by atoms with van der Waals surface area (Å²) in [5, 5.41) is 11.4. The predicted octanol–water partition coefficient (Wildman–Crippen LogP) is 1.95. The van der Waals surface area contributed by atoms with Crippen LogP contribution in [-0.2, 0) is 14.4 Å². The smallest absolute Gasteiger partial charge is 0.308 e. The lowest BCUT2D eigenvalue weighted by atomic mass is 10.1. The van der Waals surface area contributed by atoms with Crippen molar-refractivity contribution in [2.75, 3.05) is 18.0 Å². The average molecular weight is 383 g/mol. The van der Waals surface area contributed by atoms with Gasteiger partial charge in [-0.15, -0.1) is 0 Å². The fourth-order valence-electron chi connectivity index (χ4n) is 2.41. The molecule has 0 saturated carbocycles. The quantitative estimate of drug-likeness (QED) is 0.814. The van der Waals surface area contributed by atoms with Crippen molar-refractivity contribution in [1.29, 1.82) is 0 Å². The van der Waals surface area contributed by atoms with Gasteiger partial charge in [0.1, 0.15) is 0 Å². The molecular weight excluding hydrogens is 364 g/mol. The molecule has 1 aromatic carbocycles. The standard InChI is InChI=1S/C16H19BrN2O4/c1-9-5-12(3-4-13(9)17)19-8-11(6-14(19)20)15(21)18-7-10(2)16(22)23/h3-5,10-11H,6-8H2,1-2H3,(H,18,21)(H,22,23). The van der Waals surface area contributed by atoms with Gasteiger partial charge in [-0.3, -0.25) is 14.4 Å². The van der Waals surface area contributed by atoms with Gasteiger partial charge in [0.2, 0.25) is 11.8 Å². The number of anilines is 1. The summed E-state index contributed by atoms with van der Waals surface area (Å²) in [5.41, 5.74) is 1.78. The molecule has 0 aromatic heterocycles. The summed E-state index contributed by atoms with van der Waals surface area (Å²) in [7, 11) is 0. The second kappa shape index (κ2) is 7.12. The molecule has 1 aromatic rings. The van der Waals surface area contributed by atoms with E-state index in [-0.39, 0.29) is 24.8 Å². The number of carboxylic acids is 1. The number of carbonyl (C=O) groups is 3. The third kappa shape index (κ3) is 4.10. The van der Waals surface area contributed by atoms with Gasteiger partial charge in [0, 0.05) is 29.7 Å². The van der Waals surface area contributed by atoms with E-state index in [2.05, 4.69) is 21.2 Å². The van der Waals surface area contributed by atoms with E-state index in [0.717, 1.165) is 15.7 Å². The zero-order chi connectivity index (χ0) is 17.1. The van der Waals surface area contributed by atoms with Gasteiger partial charge in [0.25, 0.3) is 0 Å². The van der Waals surface area contributed by atoms with E-state index in [1.807, 2.05) is 25.1 Å². The van der Waals surface area contributed by atoms with Crippen molar-refractivity contribution in [1.82, 2.24) is 5.32 Å². The van der Waals surface area contributed by atoms with Gasteiger partial charge in [-0.05, 0) is 30.7 Å². The molecule has 6 nitrogen and oxygen atoms in total. The highest BCUT2D eigenvalue weighted by Gasteiger charge is 2.35. The van der Waals surface area contributed by atoms with Crippen LogP contribution in [0.4, 0.5) is 5.69 Å². The molecule has 1 heterocycles. The molecule has 2 amide bonds. The maximum absolute atomic E-state index is 12.2. The van der Waals surface area contributed by atoms with Crippen molar-refractivity contribution in [3.8, 4) is 0 Å². The number of benzene rings is 1.